The number of halogens is 1. The number of hydrogen-bond acceptors (Lipinski definition) is 3. The summed E-state index contributed by atoms with van der Waals surface area (Å²) in [4.78, 5) is 20.8. The van der Waals surface area contributed by atoms with Crippen LogP contribution in [0, 0.1) is 13.8 Å². The highest BCUT2D eigenvalue weighted by atomic mass is 35.5. The van der Waals surface area contributed by atoms with E-state index in [4.69, 9.17) is 23.8 Å². The molecule has 1 aliphatic heterocycles. The average Bonchev–Trinajstić information content (AvgIpc) is 3.24. The molecular formula is C26H31ClN4OS. The fourth-order valence-corrected chi connectivity index (χ4v) is 5.10. The fraction of sp³-hybridized carbons (Fsp3) is 0.385. The molecule has 1 atom stereocenters. The number of nitrogens with zero attached hydrogens (tertiary/aromatic N) is 2. The van der Waals surface area contributed by atoms with Crippen molar-refractivity contribution in [2.45, 2.75) is 46.2 Å². The summed E-state index contributed by atoms with van der Waals surface area (Å²) < 4.78 is 0. The zero-order valence-electron chi connectivity index (χ0n) is 19.5. The second kappa shape index (κ2) is 10.2. The molecule has 33 heavy (non-hydrogen) atoms. The van der Waals surface area contributed by atoms with Gasteiger partial charge in [-0.1, -0.05) is 36.7 Å². The standard InChI is InChI=1S/C26H31ClN4OS/c1-4-30-12-6-9-23(30)16-31(26(33)28-22-8-5-7-21(27)14-22)15-20-13-19-11-10-17(2)18(3)24(19)29-25(20)32/h5,7-8,10-11,13-14,23H,4,6,9,12,15-16H2,1-3H3,(H,28,33)(H,29,32)/t23-/m0/s1. The van der Waals surface area contributed by atoms with E-state index in [-0.39, 0.29) is 5.56 Å². The summed E-state index contributed by atoms with van der Waals surface area (Å²) in [6.45, 7) is 9.64. The minimum absolute atomic E-state index is 0.0643. The molecule has 1 fully saturated rings. The van der Waals surface area contributed by atoms with E-state index in [2.05, 4.69) is 46.1 Å². The Bertz CT molecular complexity index is 1220. The number of benzene rings is 2. The number of likely N-dealkylation sites (N-methyl/N-ethyl adjacent to an activating group) is 1. The maximum atomic E-state index is 13.0. The molecule has 5 nitrogen and oxygen atoms in total. The number of anilines is 1. The van der Waals surface area contributed by atoms with Gasteiger partial charge in [-0.3, -0.25) is 9.69 Å². The van der Waals surface area contributed by atoms with E-state index in [1.807, 2.05) is 37.3 Å². The van der Waals surface area contributed by atoms with Crippen molar-refractivity contribution in [2.75, 3.05) is 25.0 Å². The molecule has 1 saturated heterocycles. The Balaban J connectivity index is 1.64. The number of hydrogen-bond donors (Lipinski definition) is 2. The lowest BCUT2D eigenvalue weighted by Gasteiger charge is -2.32. The van der Waals surface area contributed by atoms with Crippen LogP contribution in [0.4, 0.5) is 5.69 Å². The molecule has 2 N–H and O–H groups in total. The third-order valence-electron chi connectivity index (χ3n) is 6.69. The summed E-state index contributed by atoms with van der Waals surface area (Å²) in [6, 6.07) is 14.1. The Hall–Kier alpha value is -2.41. The van der Waals surface area contributed by atoms with E-state index in [0.717, 1.165) is 48.2 Å². The van der Waals surface area contributed by atoms with Crippen molar-refractivity contribution >= 4 is 45.5 Å². The number of aryl methyl sites for hydroxylation is 2. The highest BCUT2D eigenvalue weighted by Crippen LogP contribution is 2.22. The van der Waals surface area contributed by atoms with Crippen molar-refractivity contribution in [3.05, 3.63) is 74.5 Å². The molecule has 0 unspecified atom stereocenters. The summed E-state index contributed by atoms with van der Waals surface area (Å²) in [5.74, 6) is 0. The van der Waals surface area contributed by atoms with Crippen LogP contribution in [0.5, 0.6) is 0 Å². The van der Waals surface area contributed by atoms with Gasteiger partial charge in [-0.2, -0.15) is 0 Å². The number of pyridine rings is 1. The SMILES string of the molecule is CCN1CCC[C@H]1CN(Cc1cc2ccc(C)c(C)c2[nH]c1=O)C(=S)Nc1cccc(Cl)c1. The predicted octanol–water partition coefficient (Wildman–Crippen LogP) is 5.48. The van der Waals surface area contributed by atoms with Crippen LogP contribution in [0.25, 0.3) is 10.9 Å². The van der Waals surface area contributed by atoms with E-state index in [1.165, 1.54) is 12.0 Å². The van der Waals surface area contributed by atoms with E-state index in [0.29, 0.717) is 28.3 Å². The summed E-state index contributed by atoms with van der Waals surface area (Å²) >= 11 is 12.0. The molecule has 4 rings (SSSR count). The highest BCUT2D eigenvalue weighted by Gasteiger charge is 2.26. The van der Waals surface area contributed by atoms with E-state index >= 15 is 0 Å². The second-order valence-electron chi connectivity index (χ2n) is 8.84. The molecule has 0 bridgehead atoms. The first-order valence-electron chi connectivity index (χ1n) is 11.5. The summed E-state index contributed by atoms with van der Waals surface area (Å²) in [6.07, 6.45) is 2.33. The van der Waals surface area contributed by atoms with E-state index in [1.54, 1.807) is 0 Å². The molecule has 0 radical (unpaired) electrons. The Labute approximate surface area is 205 Å². The van der Waals surface area contributed by atoms with E-state index < -0.39 is 0 Å². The van der Waals surface area contributed by atoms with Gasteiger partial charge < -0.3 is 15.2 Å². The minimum atomic E-state index is -0.0643. The van der Waals surface area contributed by atoms with Crippen LogP contribution in [-0.4, -0.2) is 45.6 Å². The van der Waals surface area contributed by atoms with Gasteiger partial charge in [0.1, 0.15) is 0 Å². The Kier molecular flexibility index (Phi) is 7.37. The molecular weight excluding hydrogens is 452 g/mol. The third kappa shape index (κ3) is 5.40. The van der Waals surface area contributed by atoms with Crippen LogP contribution in [0.15, 0.2) is 47.3 Å². The molecule has 3 aromatic rings. The van der Waals surface area contributed by atoms with Crippen LogP contribution in [0.2, 0.25) is 5.02 Å². The monoisotopic (exact) mass is 482 g/mol. The Morgan fingerprint density at radius 1 is 1.27 bits per heavy atom. The lowest BCUT2D eigenvalue weighted by Crippen LogP contribution is -2.44. The number of fused-ring (bicyclic) bond motifs is 1. The molecule has 0 amide bonds. The lowest BCUT2D eigenvalue weighted by atomic mass is 10.0. The van der Waals surface area contributed by atoms with Crippen LogP contribution < -0.4 is 10.9 Å². The van der Waals surface area contributed by atoms with Crippen LogP contribution >= 0.6 is 23.8 Å². The second-order valence-corrected chi connectivity index (χ2v) is 9.66. The molecule has 0 saturated carbocycles. The molecule has 1 aromatic heterocycles. The molecule has 0 aliphatic carbocycles. The highest BCUT2D eigenvalue weighted by molar-refractivity contribution is 7.80. The van der Waals surface area contributed by atoms with Crippen LogP contribution in [0.1, 0.15) is 36.5 Å². The molecule has 2 heterocycles. The normalized spacial score (nSPS) is 16.3. The lowest BCUT2D eigenvalue weighted by molar-refractivity contribution is 0.221. The van der Waals surface area contributed by atoms with Gasteiger partial charge in [-0.25, -0.2) is 0 Å². The number of aromatic nitrogens is 1. The summed E-state index contributed by atoms with van der Waals surface area (Å²) in [7, 11) is 0. The molecule has 2 aromatic carbocycles. The van der Waals surface area contributed by atoms with Gasteiger partial charge in [0.2, 0.25) is 0 Å². The number of likely N-dealkylation sites (tertiary alicyclic amines) is 1. The maximum Gasteiger partial charge on any atom is 0.253 e. The quantitative estimate of drug-likeness (QED) is 0.455. The first-order valence-corrected chi connectivity index (χ1v) is 12.3. The number of rotatable bonds is 6. The van der Waals surface area contributed by atoms with Gasteiger partial charge in [-0.15, -0.1) is 0 Å². The molecule has 1 aliphatic rings. The van der Waals surface area contributed by atoms with Crippen molar-refractivity contribution in [3.63, 3.8) is 0 Å². The smallest absolute Gasteiger partial charge is 0.253 e. The zero-order chi connectivity index (χ0) is 23.5. The predicted molar refractivity (Wildman–Crippen MR) is 142 cm³/mol. The fourth-order valence-electron chi connectivity index (χ4n) is 4.65. The van der Waals surface area contributed by atoms with Crippen molar-refractivity contribution in [1.29, 1.82) is 0 Å². The van der Waals surface area contributed by atoms with Gasteiger partial charge in [-0.05, 0) is 92.8 Å². The summed E-state index contributed by atoms with van der Waals surface area (Å²) in [5.41, 5.74) is 4.67. The minimum Gasteiger partial charge on any atom is -0.343 e. The first-order chi connectivity index (χ1) is 15.9. The number of thiocarbonyl (C=S) groups is 1. The Morgan fingerprint density at radius 2 is 2.09 bits per heavy atom. The molecule has 7 heteroatoms. The van der Waals surface area contributed by atoms with Crippen LogP contribution in [-0.2, 0) is 6.54 Å². The van der Waals surface area contributed by atoms with Gasteiger partial charge >= 0.3 is 0 Å². The van der Waals surface area contributed by atoms with Crippen molar-refractivity contribution < 1.29 is 0 Å². The number of H-pyrrole nitrogens is 1. The third-order valence-corrected chi connectivity index (χ3v) is 7.28. The van der Waals surface area contributed by atoms with Gasteiger partial charge in [0, 0.05) is 28.9 Å². The summed E-state index contributed by atoms with van der Waals surface area (Å²) in [5, 5.41) is 5.61. The van der Waals surface area contributed by atoms with E-state index in [9.17, 15) is 4.79 Å². The van der Waals surface area contributed by atoms with Crippen molar-refractivity contribution in [3.8, 4) is 0 Å². The van der Waals surface area contributed by atoms with Crippen molar-refractivity contribution in [1.82, 2.24) is 14.8 Å². The van der Waals surface area contributed by atoms with Gasteiger partial charge in [0.25, 0.3) is 5.56 Å². The topological polar surface area (TPSA) is 51.4 Å². The molecule has 174 valence electrons. The van der Waals surface area contributed by atoms with Crippen molar-refractivity contribution in [2.24, 2.45) is 0 Å². The molecule has 0 spiro atoms. The first kappa shape index (κ1) is 23.7. The Morgan fingerprint density at radius 3 is 2.85 bits per heavy atom. The van der Waals surface area contributed by atoms with Gasteiger partial charge in [0.05, 0.1) is 12.1 Å². The van der Waals surface area contributed by atoms with Crippen LogP contribution in [0.3, 0.4) is 0 Å². The van der Waals surface area contributed by atoms with Gasteiger partial charge in [0.15, 0.2) is 5.11 Å². The average molecular weight is 483 g/mol. The number of nitrogens with one attached hydrogen (secondary N) is 2. The maximum absolute atomic E-state index is 13.0. The zero-order valence-corrected chi connectivity index (χ0v) is 21.0. The largest absolute Gasteiger partial charge is 0.343 e. The number of aromatic amines is 1.